The number of nitro groups is 1. The molecular weight excluding hydrogens is 286 g/mol. The fourth-order valence-corrected chi connectivity index (χ4v) is 2.13. The van der Waals surface area contributed by atoms with Crippen molar-refractivity contribution in [2.75, 3.05) is 11.9 Å². The minimum absolute atomic E-state index is 0.0534. The van der Waals surface area contributed by atoms with E-state index in [1.165, 1.54) is 12.1 Å². The quantitative estimate of drug-likeness (QED) is 0.539. The molecule has 0 amide bonds. The molecule has 0 spiro atoms. The molecule has 0 saturated heterocycles. The lowest BCUT2D eigenvalue weighted by Gasteiger charge is -2.16. The van der Waals surface area contributed by atoms with E-state index in [1.807, 2.05) is 18.0 Å². The summed E-state index contributed by atoms with van der Waals surface area (Å²) >= 11 is 0. The number of anilines is 1. The molecule has 2 heterocycles. The second-order valence-electron chi connectivity index (χ2n) is 4.89. The number of aromatic nitrogens is 3. The summed E-state index contributed by atoms with van der Waals surface area (Å²) in [6.07, 6.45) is 0. The van der Waals surface area contributed by atoms with Gasteiger partial charge in [0.05, 0.1) is 17.0 Å². The normalized spacial score (nSPS) is 10.8. The highest BCUT2D eigenvalue weighted by Crippen LogP contribution is 2.22. The lowest BCUT2D eigenvalue weighted by Crippen LogP contribution is -2.18. The van der Waals surface area contributed by atoms with Crippen LogP contribution < -0.4 is 4.90 Å². The first-order chi connectivity index (χ1) is 10.5. The highest BCUT2D eigenvalue weighted by atomic mass is 16.6. The van der Waals surface area contributed by atoms with Crippen LogP contribution in [0, 0.1) is 17.0 Å². The Morgan fingerprint density at radius 3 is 2.77 bits per heavy atom. The fraction of sp³-hybridized carbons (Fsp3) is 0.214. The van der Waals surface area contributed by atoms with Crippen molar-refractivity contribution >= 4 is 22.4 Å². The van der Waals surface area contributed by atoms with Crippen molar-refractivity contribution in [3.8, 4) is 0 Å². The number of fused-ring (bicyclic) bond motifs is 1. The van der Waals surface area contributed by atoms with Crippen molar-refractivity contribution in [3.05, 3.63) is 52.2 Å². The Labute approximate surface area is 125 Å². The van der Waals surface area contributed by atoms with Crippen molar-refractivity contribution in [1.29, 1.82) is 0 Å². The smallest absolute Gasteiger partial charge is 0.270 e. The molecule has 2 aromatic heterocycles. The number of aryl methyl sites for hydroxylation is 1. The molecule has 0 aliphatic carbocycles. The lowest BCUT2D eigenvalue weighted by atomic mass is 10.2. The van der Waals surface area contributed by atoms with Gasteiger partial charge in [-0.2, -0.15) is 4.98 Å². The maximum absolute atomic E-state index is 10.8. The average molecular weight is 299 g/mol. The molecule has 0 radical (unpaired) electrons. The van der Waals surface area contributed by atoms with Crippen LogP contribution in [0.5, 0.6) is 0 Å². The van der Waals surface area contributed by atoms with Gasteiger partial charge in [-0.05, 0) is 18.2 Å². The molecule has 0 aliphatic heterocycles. The number of benzene rings is 1. The van der Waals surface area contributed by atoms with Crippen LogP contribution in [0.2, 0.25) is 0 Å². The van der Waals surface area contributed by atoms with E-state index >= 15 is 0 Å². The maximum atomic E-state index is 10.8. The van der Waals surface area contributed by atoms with Gasteiger partial charge >= 0.3 is 0 Å². The van der Waals surface area contributed by atoms with E-state index in [0.717, 1.165) is 11.2 Å². The highest BCUT2D eigenvalue weighted by molar-refractivity contribution is 5.82. The van der Waals surface area contributed by atoms with Crippen molar-refractivity contribution in [2.24, 2.45) is 0 Å². The van der Waals surface area contributed by atoms with Crippen LogP contribution in [0.4, 0.5) is 11.5 Å². The molecule has 22 heavy (non-hydrogen) atoms. The van der Waals surface area contributed by atoms with Gasteiger partial charge in [0.1, 0.15) is 5.82 Å². The van der Waals surface area contributed by atoms with Crippen LogP contribution >= 0.6 is 0 Å². The SMILES string of the molecule is Cc1nc(CN(C)c2ccc3cc([N+](=O)[O-])ccc3n2)no1. The zero-order valence-corrected chi connectivity index (χ0v) is 12.1. The Kier molecular flexibility index (Phi) is 3.42. The van der Waals surface area contributed by atoms with Gasteiger partial charge in [0.25, 0.3) is 5.69 Å². The summed E-state index contributed by atoms with van der Waals surface area (Å²) in [4.78, 5) is 20.9. The second kappa shape index (κ2) is 5.40. The maximum Gasteiger partial charge on any atom is 0.270 e. The van der Waals surface area contributed by atoms with Crippen LogP contribution in [0.1, 0.15) is 11.7 Å². The molecule has 0 saturated carbocycles. The number of pyridine rings is 1. The summed E-state index contributed by atoms with van der Waals surface area (Å²) in [5, 5.41) is 15.3. The Hall–Kier alpha value is -3.03. The lowest BCUT2D eigenvalue weighted by molar-refractivity contribution is -0.384. The zero-order valence-electron chi connectivity index (χ0n) is 12.1. The molecule has 0 atom stereocenters. The highest BCUT2D eigenvalue weighted by Gasteiger charge is 2.11. The van der Waals surface area contributed by atoms with Gasteiger partial charge in [-0.25, -0.2) is 4.98 Å². The Balaban J connectivity index is 1.87. The fourth-order valence-electron chi connectivity index (χ4n) is 2.13. The van der Waals surface area contributed by atoms with Gasteiger partial charge in [-0.3, -0.25) is 10.1 Å². The largest absolute Gasteiger partial charge is 0.352 e. The molecule has 0 unspecified atom stereocenters. The monoisotopic (exact) mass is 299 g/mol. The molecule has 0 bridgehead atoms. The summed E-state index contributed by atoms with van der Waals surface area (Å²) in [7, 11) is 1.87. The Morgan fingerprint density at radius 2 is 2.09 bits per heavy atom. The van der Waals surface area contributed by atoms with Gasteiger partial charge in [-0.15, -0.1) is 0 Å². The number of non-ortho nitro benzene ring substituents is 1. The first kappa shape index (κ1) is 13.9. The first-order valence-electron chi connectivity index (χ1n) is 6.58. The van der Waals surface area contributed by atoms with E-state index in [0.29, 0.717) is 23.8 Å². The third-order valence-electron chi connectivity index (χ3n) is 3.21. The third-order valence-corrected chi connectivity index (χ3v) is 3.21. The second-order valence-corrected chi connectivity index (χ2v) is 4.89. The molecule has 8 heteroatoms. The van der Waals surface area contributed by atoms with E-state index in [-0.39, 0.29) is 5.69 Å². The van der Waals surface area contributed by atoms with E-state index in [1.54, 1.807) is 19.1 Å². The summed E-state index contributed by atoms with van der Waals surface area (Å²) < 4.78 is 4.94. The standard InChI is InChI=1S/C14H13N5O3/c1-9-15-13(17-22-9)8-18(2)14-6-3-10-7-11(19(20)21)4-5-12(10)16-14/h3-7H,8H2,1-2H3. The average Bonchev–Trinajstić information content (AvgIpc) is 2.91. The molecule has 0 aliphatic rings. The predicted octanol–water partition coefficient (Wildman–Crippen LogP) is 2.47. The summed E-state index contributed by atoms with van der Waals surface area (Å²) in [6.45, 7) is 2.19. The van der Waals surface area contributed by atoms with Gasteiger partial charge < -0.3 is 9.42 Å². The summed E-state index contributed by atoms with van der Waals surface area (Å²) in [5.41, 5.74) is 0.747. The molecule has 1 aromatic carbocycles. The van der Waals surface area contributed by atoms with Crippen LogP contribution in [-0.2, 0) is 6.54 Å². The van der Waals surface area contributed by atoms with Crippen LogP contribution in [-0.4, -0.2) is 27.1 Å². The van der Waals surface area contributed by atoms with Crippen LogP contribution in [0.15, 0.2) is 34.9 Å². The van der Waals surface area contributed by atoms with Gasteiger partial charge in [0.2, 0.25) is 5.89 Å². The van der Waals surface area contributed by atoms with Gasteiger partial charge in [0, 0.05) is 31.5 Å². The minimum atomic E-state index is -0.419. The van der Waals surface area contributed by atoms with Gasteiger partial charge in [0.15, 0.2) is 5.82 Å². The number of nitrogens with zero attached hydrogens (tertiary/aromatic N) is 5. The third kappa shape index (κ3) is 2.71. The van der Waals surface area contributed by atoms with E-state index in [9.17, 15) is 10.1 Å². The van der Waals surface area contributed by atoms with Crippen molar-refractivity contribution in [1.82, 2.24) is 15.1 Å². The van der Waals surface area contributed by atoms with E-state index in [4.69, 9.17) is 4.52 Å². The number of hydrogen-bond acceptors (Lipinski definition) is 7. The molecule has 8 nitrogen and oxygen atoms in total. The molecule has 3 aromatic rings. The van der Waals surface area contributed by atoms with Crippen LogP contribution in [0.25, 0.3) is 10.9 Å². The molecule has 0 N–H and O–H groups in total. The van der Waals surface area contributed by atoms with Crippen molar-refractivity contribution in [3.63, 3.8) is 0 Å². The summed E-state index contributed by atoms with van der Waals surface area (Å²) in [6, 6.07) is 8.21. The van der Waals surface area contributed by atoms with E-state index in [2.05, 4.69) is 15.1 Å². The Morgan fingerprint density at radius 1 is 1.27 bits per heavy atom. The molecular formula is C14H13N5O3. The van der Waals surface area contributed by atoms with Gasteiger partial charge in [-0.1, -0.05) is 5.16 Å². The number of hydrogen-bond donors (Lipinski definition) is 0. The Bertz CT molecular complexity index is 845. The van der Waals surface area contributed by atoms with Crippen LogP contribution in [0.3, 0.4) is 0 Å². The molecule has 112 valence electrons. The van der Waals surface area contributed by atoms with Crippen molar-refractivity contribution in [2.45, 2.75) is 13.5 Å². The minimum Gasteiger partial charge on any atom is -0.352 e. The molecule has 0 fully saturated rings. The first-order valence-corrected chi connectivity index (χ1v) is 6.58. The topological polar surface area (TPSA) is 98.2 Å². The number of rotatable bonds is 4. The zero-order chi connectivity index (χ0) is 15.7. The summed E-state index contributed by atoms with van der Waals surface area (Å²) in [5.74, 6) is 1.82. The van der Waals surface area contributed by atoms with E-state index < -0.39 is 4.92 Å². The van der Waals surface area contributed by atoms with Crippen molar-refractivity contribution < 1.29 is 9.45 Å². The number of nitro benzene ring substituents is 1. The predicted molar refractivity (Wildman–Crippen MR) is 79.5 cm³/mol. The molecule has 3 rings (SSSR count).